The molecule has 0 unspecified atom stereocenters. The summed E-state index contributed by atoms with van der Waals surface area (Å²) < 4.78 is 18.4. The van der Waals surface area contributed by atoms with Gasteiger partial charge in [-0.05, 0) is 48.9 Å². The summed E-state index contributed by atoms with van der Waals surface area (Å²) in [5, 5.41) is 2.71. The lowest BCUT2D eigenvalue weighted by molar-refractivity contribution is -0.137. The summed E-state index contributed by atoms with van der Waals surface area (Å²) in [6.07, 6.45) is 0.424. The summed E-state index contributed by atoms with van der Waals surface area (Å²) in [4.78, 5) is 37.5. The third-order valence-electron chi connectivity index (χ3n) is 4.33. The highest BCUT2D eigenvalue weighted by Crippen LogP contribution is 2.13. The molecule has 0 fully saturated rings. The molecular formula is C22H25FN2O4. The summed E-state index contributed by atoms with van der Waals surface area (Å²) in [5.74, 6) is -0.459. The highest BCUT2D eigenvalue weighted by molar-refractivity contribution is 5.95. The molecule has 154 valence electrons. The Balaban J connectivity index is 1.80. The molecule has 0 bridgehead atoms. The van der Waals surface area contributed by atoms with Crippen LogP contribution in [-0.2, 0) is 16.1 Å². The van der Waals surface area contributed by atoms with Crippen molar-refractivity contribution >= 4 is 17.6 Å². The number of hydrogen-bond donors (Lipinski definition) is 1. The number of nitrogens with zero attached hydrogens (tertiary/aromatic N) is 1. The van der Waals surface area contributed by atoms with Gasteiger partial charge in [-0.3, -0.25) is 14.4 Å². The molecule has 0 saturated carbocycles. The van der Waals surface area contributed by atoms with Crippen LogP contribution in [-0.4, -0.2) is 42.2 Å². The highest BCUT2D eigenvalue weighted by atomic mass is 19.1. The van der Waals surface area contributed by atoms with Gasteiger partial charge in [-0.2, -0.15) is 0 Å². The molecule has 2 amide bonds. The quantitative estimate of drug-likeness (QED) is 0.622. The van der Waals surface area contributed by atoms with Crippen LogP contribution in [0.15, 0.2) is 48.5 Å². The second kappa shape index (κ2) is 10.9. The number of rotatable bonds is 10. The first-order valence-corrected chi connectivity index (χ1v) is 9.47. The summed E-state index contributed by atoms with van der Waals surface area (Å²) in [5.41, 5.74) is 1.36. The number of benzene rings is 2. The van der Waals surface area contributed by atoms with Gasteiger partial charge in [0.1, 0.15) is 11.6 Å². The molecule has 0 heterocycles. The molecule has 7 heteroatoms. The first-order valence-electron chi connectivity index (χ1n) is 9.47. The Bertz CT molecular complexity index is 835. The van der Waals surface area contributed by atoms with Crippen molar-refractivity contribution in [2.45, 2.75) is 26.8 Å². The predicted octanol–water partition coefficient (Wildman–Crippen LogP) is 2.96. The van der Waals surface area contributed by atoms with Crippen LogP contribution in [0.25, 0.3) is 0 Å². The lowest BCUT2D eigenvalue weighted by Gasteiger charge is -2.20. The Morgan fingerprint density at radius 2 is 1.66 bits per heavy atom. The fourth-order valence-corrected chi connectivity index (χ4v) is 2.59. The van der Waals surface area contributed by atoms with Gasteiger partial charge in [-0.25, -0.2) is 4.39 Å². The maximum atomic E-state index is 12.9. The first-order chi connectivity index (χ1) is 13.9. The van der Waals surface area contributed by atoms with Gasteiger partial charge in [-0.1, -0.05) is 19.1 Å². The summed E-state index contributed by atoms with van der Waals surface area (Å²) in [6.45, 7) is 3.88. The van der Waals surface area contributed by atoms with Crippen LogP contribution in [0.1, 0.15) is 36.2 Å². The summed E-state index contributed by atoms with van der Waals surface area (Å²) in [7, 11) is 0. The molecule has 2 aromatic rings. The Kier molecular flexibility index (Phi) is 8.33. The van der Waals surface area contributed by atoms with Crippen molar-refractivity contribution in [2.75, 3.05) is 19.7 Å². The zero-order chi connectivity index (χ0) is 21.2. The molecule has 0 radical (unpaired) electrons. The van der Waals surface area contributed by atoms with Gasteiger partial charge in [-0.15, -0.1) is 0 Å². The van der Waals surface area contributed by atoms with E-state index in [4.69, 9.17) is 4.74 Å². The molecule has 0 aliphatic rings. The predicted molar refractivity (Wildman–Crippen MR) is 107 cm³/mol. The Morgan fingerprint density at radius 1 is 1.00 bits per heavy atom. The van der Waals surface area contributed by atoms with E-state index in [9.17, 15) is 18.8 Å². The molecule has 0 aromatic heterocycles. The van der Waals surface area contributed by atoms with Crippen LogP contribution in [0.5, 0.6) is 5.75 Å². The minimum absolute atomic E-state index is 0.0384. The number of ketones is 1. The monoisotopic (exact) mass is 400 g/mol. The third-order valence-corrected chi connectivity index (χ3v) is 4.33. The number of Topliss-reactive ketones (excluding diaryl/α,β-unsaturated/α-hetero) is 1. The van der Waals surface area contributed by atoms with Gasteiger partial charge < -0.3 is 15.0 Å². The average Bonchev–Trinajstić information content (AvgIpc) is 2.75. The van der Waals surface area contributed by atoms with Crippen LogP contribution >= 0.6 is 0 Å². The van der Waals surface area contributed by atoms with E-state index >= 15 is 0 Å². The molecule has 2 rings (SSSR count). The topological polar surface area (TPSA) is 75.7 Å². The summed E-state index contributed by atoms with van der Waals surface area (Å²) >= 11 is 0. The second-order valence-corrected chi connectivity index (χ2v) is 6.40. The van der Waals surface area contributed by atoms with E-state index in [2.05, 4.69) is 5.32 Å². The SMILES string of the molecule is CCC(=O)c1ccc(OCC(=O)N(CC)CC(=O)NCc2ccc(F)cc2)cc1. The first kappa shape index (κ1) is 22.1. The molecule has 0 saturated heterocycles. The maximum Gasteiger partial charge on any atom is 0.260 e. The van der Waals surface area contributed by atoms with Crippen molar-refractivity contribution < 1.29 is 23.5 Å². The van der Waals surface area contributed by atoms with E-state index in [1.165, 1.54) is 17.0 Å². The highest BCUT2D eigenvalue weighted by Gasteiger charge is 2.16. The lowest BCUT2D eigenvalue weighted by Crippen LogP contribution is -2.42. The van der Waals surface area contributed by atoms with Crippen LogP contribution in [0, 0.1) is 5.82 Å². The number of carbonyl (C=O) groups excluding carboxylic acids is 3. The van der Waals surface area contributed by atoms with E-state index in [0.717, 1.165) is 5.56 Å². The molecular weight excluding hydrogens is 375 g/mol. The zero-order valence-corrected chi connectivity index (χ0v) is 16.6. The van der Waals surface area contributed by atoms with Gasteiger partial charge in [0.05, 0.1) is 6.54 Å². The molecule has 0 spiro atoms. The van der Waals surface area contributed by atoms with Crippen molar-refractivity contribution in [2.24, 2.45) is 0 Å². The number of halogens is 1. The van der Waals surface area contributed by atoms with Crippen LogP contribution in [0.3, 0.4) is 0 Å². The van der Waals surface area contributed by atoms with Crippen molar-refractivity contribution in [1.29, 1.82) is 0 Å². The average molecular weight is 400 g/mol. The lowest BCUT2D eigenvalue weighted by atomic mass is 10.1. The van der Waals surface area contributed by atoms with Crippen LogP contribution < -0.4 is 10.1 Å². The van der Waals surface area contributed by atoms with Crippen molar-refractivity contribution in [1.82, 2.24) is 10.2 Å². The van der Waals surface area contributed by atoms with Crippen molar-refractivity contribution in [3.05, 3.63) is 65.5 Å². The van der Waals surface area contributed by atoms with E-state index in [0.29, 0.717) is 24.3 Å². The largest absolute Gasteiger partial charge is 0.484 e. The van der Waals surface area contributed by atoms with Gasteiger partial charge in [0, 0.05) is 25.1 Å². The smallest absolute Gasteiger partial charge is 0.260 e. The normalized spacial score (nSPS) is 10.3. The number of likely N-dealkylation sites (N-methyl/N-ethyl adjacent to an activating group) is 1. The van der Waals surface area contributed by atoms with Crippen LogP contribution in [0.4, 0.5) is 4.39 Å². The Morgan fingerprint density at radius 3 is 2.24 bits per heavy atom. The number of hydrogen-bond acceptors (Lipinski definition) is 4. The Labute approximate surface area is 169 Å². The molecule has 0 aliphatic heterocycles. The van der Waals surface area contributed by atoms with Gasteiger partial charge in [0.25, 0.3) is 5.91 Å². The van der Waals surface area contributed by atoms with Crippen LogP contribution in [0.2, 0.25) is 0 Å². The maximum absolute atomic E-state index is 12.9. The second-order valence-electron chi connectivity index (χ2n) is 6.40. The number of carbonyl (C=O) groups is 3. The molecule has 29 heavy (non-hydrogen) atoms. The standard InChI is InChI=1S/C22H25FN2O4/c1-3-20(26)17-7-11-19(12-8-17)29-15-22(28)25(4-2)14-21(27)24-13-16-5-9-18(23)10-6-16/h5-12H,3-4,13-15H2,1-2H3,(H,24,27). The van der Waals surface area contributed by atoms with Gasteiger partial charge in [0.15, 0.2) is 12.4 Å². The zero-order valence-electron chi connectivity index (χ0n) is 16.6. The number of amides is 2. The van der Waals surface area contributed by atoms with E-state index < -0.39 is 0 Å². The molecule has 0 aliphatic carbocycles. The molecule has 0 atom stereocenters. The third kappa shape index (κ3) is 7.03. The van der Waals surface area contributed by atoms with Crippen molar-refractivity contribution in [3.63, 3.8) is 0 Å². The van der Waals surface area contributed by atoms with Gasteiger partial charge in [0.2, 0.25) is 5.91 Å². The van der Waals surface area contributed by atoms with Crippen molar-refractivity contribution in [3.8, 4) is 5.75 Å². The Hall–Kier alpha value is -3.22. The minimum Gasteiger partial charge on any atom is -0.484 e. The number of nitrogens with one attached hydrogen (secondary N) is 1. The molecule has 6 nitrogen and oxygen atoms in total. The molecule has 1 N–H and O–H groups in total. The minimum atomic E-state index is -0.338. The van der Waals surface area contributed by atoms with E-state index in [1.807, 2.05) is 0 Å². The fraction of sp³-hybridized carbons (Fsp3) is 0.318. The molecule has 2 aromatic carbocycles. The number of ether oxygens (including phenoxy) is 1. The van der Waals surface area contributed by atoms with E-state index in [-0.39, 0.29) is 43.1 Å². The fourth-order valence-electron chi connectivity index (χ4n) is 2.59. The summed E-state index contributed by atoms with van der Waals surface area (Å²) in [6, 6.07) is 12.4. The van der Waals surface area contributed by atoms with E-state index in [1.54, 1.807) is 50.2 Å². The van der Waals surface area contributed by atoms with Gasteiger partial charge >= 0.3 is 0 Å².